The molecule has 0 amide bonds. The van der Waals surface area contributed by atoms with E-state index in [9.17, 15) is 14.0 Å². The number of hydrogen-bond acceptors (Lipinski definition) is 8. The van der Waals surface area contributed by atoms with E-state index in [0.29, 0.717) is 55.6 Å². The van der Waals surface area contributed by atoms with Crippen molar-refractivity contribution in [1.29, 1.82) is 0 Å². The predicted molar refractivity (Wildman–Crippen MR) is 167 cm³/mol. The summed E-state index contributed by atoms with van der Waals surface area (Å²) in [6.07, 6.45) is 1.73. The standard InChI is InChI=1S/C33H30ClFN2O6S/c1-5-41-27-16-20(10-15-26(27)43-18-23-24(34)8-7-9-25(23)35)17-28-31(38)37-30(21-11-13-22(40-4)14-12-21)29(32(39)42-6-2)19(3)36-33(37)44-28/h7-17,30H,5-6,18H2,1-4H3/t30-/m0/s1. The molecule has 1 aliphatic heterocycles. The minimum atomic E-state index is -0.738. The molecule has 1 atom stereocenters. The Morgan fingerprint density at radius 3 is 2.52 bits per heavy atom. The smallest absolute Gasteiger partial charge is 0.338 e. The summed E-state index contributed by atoms with van der Waals surface area (Å²) in [5.74, 6) is 0.486. The van der Waals surface area contributed by atoms with Gasteiger partial charge in [0.1, 0.15) is 18.2 Å². The second-order valence-corrected chi connectivity index (χ2v) is 11.1. The Morgan fingerprint density at radius 2 is 1.84 bits per heavy atom. The van der Waals surface area contributed by atoms with Crippen LogP contribution >= 0.6 is 22.9 Å². The van der Waals surface area contributed by atoms with Crippen LogP contribution in [0.3, 0.4) is 0 Å². The van der Waals surface area contributed by atoms with E-state index in [1.807, 2.05) is 19.1 Å². The highest BCUT2D eigenvalue weighted by Gasteiger charge is 2.33. The van der Waals surface area contributed by atoms with Crippen LogP contribution in [0, 0.1) is 5.82 Å². The zero-order valence-corrected chi connectivity index (χ0v) is 26.1. The van der Waals surface area contributed by atoms with E-state index in [-0.39, 0.29) is 29.4 Å². The fourth-order valence-corrected chi connectivity index (χ4v) is 6.13. The molecule has 44 heavy (non-hydrogen) atoms. The maximum absolute atomic E-state index is 14.3. The fraction of sp³-hybridized carbons (Fsp3) is 0.242. The number of benzene rings is 3. The second-order valence-electron chi connectivity index (χ2n) is 9.70. The van der Waals surface area contributed by atoms with Crippen LogP contribution in [0.1, 0.15) is 43.5 Å². The maximum atomic E-state index is 14.3. The monoisotopic (exact) mass is 636 g/mol. The van der Waals surface area contributed by atoms with Crippen LogP contribution in [0.4, 0.5) is 4.39 Å². The van der Waals surface area contributed by atoms with E-state index in [4.69, 9.17) is 30.5 Å². The first-order valence-electron chi connectivity index (χ1n) is 13.9. The highest BCUT2D eigenvalue weighted by molar-refractivity contribution is 7.07. The molecule has 0 radical (unpaired) electrons. The number of rotatable bonds is 10. The third kappa shape index (κ3) is 6.27. The summed E-state index contributed by atoms with van der Waals surface area (Å²) in [5, 5.41) is 0.268. The largest absolute Gasteiger partial charge is 0.497 e. The molecule has 0 saturated carbocycles. The average molecular weight is 637 g/mol. The van der Waals surface area contributed by atoms with Gasteiger partial charge in [0.15, 0.2) is 16.3 Å². The van der Waals surface area contributed by atoms with Gasteiger partial charge in [0.05, 0.1) is 47.2 Å². The number of allylic oxidation sites excluding steroid dienone is 1. The van der Waals surface area contributed by atoms with Crippen LogP contribution in [0.2, 0.25) is 5.02 Å². The van der Waals surface area contributed by atoms with Crippen molar-refractivity contribution in [3.63, 3.8) is 0 Å². The quantitative estimate of drug-likeness (QED) is 0.211. The zero-order valence-electron chi connectivity index (χ0n) is 24.6. The van der Waals surface area contributed by atoms with Gasteiger partial charge in [-0.1, -0.05) is 47.2 Å². The van der Waals surface area contributed by atoms with E-state index in [1.165, 1.54) is 28.0 Å². The lowest BCUT2D eigenvalue weighted by Gasteiger charge is -2.24. The van der Waals surface area contributed by atoms with Crippen molar-refractivity contribution in [2.45, 2.75) is 33.4 Å². The van der Waals surface area contributed by atoms with Crippen LogP contribution in [-0.2, 0) is 16.1 Å². The van der Waals surface area contributed by atoms with Crippen molar-refractivity contribution in [3.05, 3.63) is 119 Å². The molecule has 0 bridgehead atoms. The Bertz CT molecular complexity index is 1900. The van der Waals surface area contributed by atoms with Gasteiger partial charge in [-0.15, -0.1) is 0 Å². The van der Waals surface area contributed by atoms with Gasteiger partial charge < -0.3 is 18.9 Å². The molecule has 8 nitrogen and oxygen atoms in total. The third-order valence-corrected chi connectivity index (χ3v) is 8.28. The molecule has 0 saturated heterocycles. The number of carbonyl (C=O) groups is 1. The molecule has 5 rings (SSSR count). The lowest BCUT2D eigenvalue weighted by molar-refractivity contribution is -0.139. The number of halogens is 2. The molecule has 0 fully saturated rings. The molecule has 0 spiro atoms. The lowest BCUT2D eigenvalue weighted by atomic mass is 9.96. The number of nitrogens with zero attached hydrogens (tertiary/aromatic N) is 2. The van der Waals surface area contributed by atoms with Crippen molar-refractivity contribution < 1.29 is 28.1 Å². The molecule has 1 aromatic heterocycles. The lowest BCUT2D eigenvalue weighted by Crippen LogP contribution is -2.39. The molecular formula is C33H30ClFN2O6S. The number of ether oxygens (including phenoxy) is 4. The number of hydrogen-bond donors (Lipinski definition) is 0. The van der Waals surface area contributed by atoms with Crippen LogP contribution in [0.5, 0.6) is 17.2 Å². The van der Waals surface area contributed by atoms with Gasteiger partial charge in [-0.25, -0.2) is 14.2 Å². The minimum Gasteiger partial charge on any atom is -0.497 e. The zero-order chi connectivity index (χ0) is 31.4. The number of thiazole rings is 1. The Kier molecular flexibility index (Phi) is 9.51. The van der Waals surface area contributed by atoms with Crippen molar-refractivity contribution in [1.82, 2.24) is 4.57 Å². The average Bonchev–Trinajstić information content (AvgIpc) is 3.31. The van der Waals surface area contributed by atoms with E-state index in [2.05, 4.69) is 4.99 Å². The molecule has 0 aliphatic carbocycles. The third-order valence-electron chi connectivity index (χ3n) is 6.95. The first kappa shape index (κ1) is 31.0. The van der Waals surface area contributed by atoms with E-state index < -0.39 is 17.8 Å². The van der Waals surface area contributed by atoms with Gasteiger partial charge in [0.2, 0.25) is 0 Å². The second kappa shape index (κ2) is 13.5. The van der Waals surface area contributed by atoms with E-state index in [0.717, 1.165) is 0 Å². The van der Waals surface area contributed by atoms with Gasteiger partial charge in [-0.05, 0) is 74.4 Å². The fourth-order valence-electron chi connectivity index (χ4n) is 4.87. The molecular weight excluding hydrogens is 607 g/mol. The molecule has 1 aliphatic rings. The van der Waals surface area contributed by atoms with Gasteiger partial charge >= 0.3 is 5.97 Å². The summed E-state index contributed by atoms with van der Waals surface area (Å²) >= 11 is 7.37. The summed E-state index contributed by atoms with van der Waals surface area (Å²) < 4.78 is 38.6. The van der Waals surface area contributed by atoms with Crippen molar-refractivity contribution in [2.75, 3.05) is 20.3 Å². The Morgan fingerprint density at radius 1 is 1.07 bits per heavy atom. The topological polar surface area (TPSA) is 88.4 Å². The Balaban J connectivity index is 1.55. The van der Waals surface area contributed by atoms with Crippen LogP contribution < -0.4 is 29.1 Å². The summed E-state index contributed by atoms with van der Waals surface area (Å²) in [6, 6.07) is 16.1. The molecule has 3 aromatic carbocycles. The summed E-state index contributed by atoms with van der Waals surface area (Å²) in [7, 11) is 1.57. The highest BCUT2D eigenvalue weighted by Crippen LogP contribution is 2.33. The van der Waals surface area contributed by atoms with Crippen molar-refractivity contribution >= 4 is 35.0 Å². The number of esters is 1. The number of aromatic nitrogens is 1. The van der Waals surface area contributed by atoms with Crippen LogP contribution in [0.15, 0.2) is 81.7 Å². The number of carbonyl (C=O) groups excluding carboxylic acids is 1. The molecule has 228 valence electrons. The summed E-state index contributed by atoms with van der Waals surface area (Å²) in [5.41, 5.74) is 2.10. The van der Waals surface area contributed by atoms with Crippen LogP contribution in [-0.4, -0.2) is 30.9 Å². The van der Waals surface area contributed by atoms with Crippen molar-refractivity contribution in [2.24, 2.45) is 4.99 Å². The molecule has 0 N–H and O–H groups in total. The number of fused-ring (bicyclic) bond motifs is 1. The summed E-state index contributed by atoms with van der Waals surface area (Å²) in [6.45, 7) is 5.77. The van der Waals surface area contributed by atoms with Crippen molar-refractivity contribution in [3.8, 4) is 17.2 Å². The maximum Gasteiger partial charge on any atom is 0.338 e. The molecule has 0 unspecified atom stereocenters. The Labute approximate surface area is 262 Å². The van der Waals surface area contributed by atoms with E-state index >= 15 is 0 Å². The van der Waals surface area contributed by atoms with Gasteiger partial charge in [-0.2, -0.15) is 0 Å². The molecule has 11 heteroatoms. The minimum absolute atomic E-state index is 0.0863. The van der Waals surface area contributed by atoms with Gasteiger partial charge in [0.25, 0.3) is 5.56 Å². The number of methoxy groups -OCH3 is 1. The first-order chi connectivity index (χ1) is 21.2. The Hall–Kier alpha value is -4.41. The van der Waals surface area contributed by atoms with Crippen LogP contribution in [0.25, 0.3) is 6.08 Å². The normalized spacial score (nSPS) is 14.6. The SMILES string of the molecule is CCOC(=O)C1=C(C)N=c2sc(=Cc3ccc(OCc4c(F)cccc4Cl)c(OCC)c3)c(=O)n2[C@H]1c1ccc(OC)cc1. The highest BCUT2D eigenvalue weighted by atomic mass is 35.5. The van der Waals surface area contributed by atoms with E-state index in [1.54, 1.807) is 63.4 Å². The van der Waals surface area contributed by atoms with Gasteiger partial charge in [-0.3, -0.25) is 9.36 Å². The predicted octanol–water partition coefficient (Wildman–Crippen LogP) is 5.58. The summed E-state index contributed by atoms with van der Waals surface area (Å²) in [4.78, 5) is 32.1. The molecule has 4 aromatic rings. The first-order valence-corrected chi connectivity index (χ1v) is 15.1. The van der Waals surface area contributed by atoms with Gasteiger partial charge in [0, 0.05) is 5.56 Å². The molecule has 2 heterocycles.